The summed E-state index contributed by atoms with van der Waals surface area (Å²) in [5.74, 6) is 0.904. The minimum atomic E-state index is -0.613. The second-order valence-corrected chi connectivity index (χ2v) is 7.88. The highest BCUT2D eigenvalue weighted by atomic mass is 35.5. The first kappa shape index (κ1) is 23.8. The van der Waals surface area contributed by atoms with E-state index in [-0.39, 0.29) is 27.8 Å². The van der Waals surface area contributed by atoms with Crippen LogP contribution in [-0.2, 0) is 0 Å². The number of nitriles is 1. The molecule has 0 saturated carbocycles. The third-order valence-corrected chi connectivity index (χ3v) is 5.83. The molecule has 0 spiro atoms. The lowest BCUT2D eigenvalue weighted by Crippen LogP contribution is -2.21. The summed E-state index contributed by atoms with van der Waals surface area (Å²) in [4.78, 5) is 12.7. The Hall–Kier alpha value is -4.35. The number of allylic oxidation sites excluding steroid dienone is 1. The molecule has 178 valence electrons. The lowest BCUT2D eigenvalue weighted by Gasteiger charge is -2.28. The molecule has 0 saturated heterocycles. The number of esters is 1. The molecule has 4 rings (SSSR count). The number of halogens is 1. The number of carbonyl (C=O) groups excluding carboxylic acids is 1. The number of rotatable bonds is 6. The van der Waals surface area contributed by atoms with Gasteiger partial charge in [-0.05, 0) is 42.5 Å². The Balaban J connectivity index is 1.72. The number of hydrogen-bond acceptors (Lipinski definition) is 8. The molecule has 1 atom stereocenters. The van der Waals surface area contributed by atoms with Crippen molar-refractivity contribution in [2.24, 2.45) is 5.73 Å². The zero-order chi connectivity index (χ0) is 25.1. The predicted molar refractivity (Wildman–Crippen MR) is 128 cm³/mol. The zero-order valence-electron chi connectivity index (χ0n) is 19.1. The molecular weight excluding hydrogens is 472 g/mol. The van der Waals surface area contributed by atoms with E-state index in [0.29, 0.717) is 34.1 Å². The maximum Gasteiger partial charge on any atom is 0.343 e. The molecule has 0 fully saturated rings. The number of nitrogens with zero attached hydrogens (tertiary/aromatic N) is 1. The van der Waals surface area contributed by atoms with E-state index in [4.69, 9.17) is 41.0 Å². The smallest absolute Gasteiger partial charge is 0.343 e. The lowest BCUT2D eigenvalue weighted by atomic mass is 9.83. The van der Waals surface area contributed by atoms with Crippen LogP contribution in [-0.4, -0.2) is 27.3 Å². The van der Waals surface area contributed by atoms with Crippen molar-refractivity contribution in [1.29, 1.82) is 5.26 Å². The summed E-state index contributed by atoms with van der Waals surface area (Å²) in [5, 5.41) is 10.1. The van der Waals surface area contributed by atoms with Gasteiger partial charge in [0.2, 0.25) is 5.88 Å². The third-order valence-electron chi connectivity index (χ3n) is 5.54. The van der Waals surface area contributed by atoms with Crippen LogP contribution in [0.15, 0.2) is 66.1 Å². The van der Waals surface area contributed by atoms with Gasteiger partial charge in [0.05, 0.1) is 37.8 Å². The third kappa shape index (κ3) is 4.54. The average Bonchev–Trinajstić information content (AvgIpc) is 2.87. The van der Waals surface area contributed by atoms with E-state index < -0.39 is 11.9 Å². The second-order valence-electron chi connectivity index (χ2n) is 7.47. The van der Waals surface area contributed by atoms with Gasteiger partial charge in [-0.15, -0.1) is 0 Å². The molecule has 9 heteroatoms. The van der Waals surface area contributed by atoms with E-state index >= 15 is 0 Å². The van der Waals surface area contributed by atoms with E-state index in [1.807, 2.05) is 0 Å². The molecule has 0 amide bonds. The molecule has 0 aliphatic carbocycles. The van der Waals surface area contributed by atoms with E-state index in [1.54, 1.807) is 62.8 Å². The summed E-state index contributed by atoms with van der Waals surface area (Å²) < 4.78 is 27.3. The van der Waals surface area contributed by atoms with Gasteiger partial charge in [-0.1, -0.05) is 17.7 Å². The van der Waals surface area contributed by atoms with Gasteiger partial charge >= 0.3 is 5.97 Å². The van der Waals surface area contributed by atoms with Crippen molar-refractivity contribution in [2.45, 2.75) is 5.92 Å². The van der Waals surface area contributed by atoms with Crippen molar-refractivity contribution in [3.05, 3.63) is 87.8 Å². The highest BCUT2D eigenvalue weighted by Crippen LogP contribution is 2.46. The number of fused-ring (bicyclic) bond motifs is 1. The highest BCUT2D eigenvalue weighted by molar-refractivity contribution is 6.32. The Morgan fingerprint density at radius 2 is 1.66 bits per heavy atom. The molecule has 2 N–H and O–H groups in total. The summed E-state index contributed by atoms with van der Waals surface area (Å²) >= 11 is 6.12. The van der Waals surface area contributed by atoms with Crippen LogP contribution in [0.5, 0.6) is 28.7 Å². The minimum Gasteiger partial charge on any atom is -0.497 e. The van der Waals surface area contributed by atoms with Crippen molar-refractivity contribution in [3.63, 3.8) is 0 Å². The Morgan fingerprint density at radius 1 is 0.943 bits per heavy atom. The van der Waals surface area contributed by atoms with Crippen LogP contribution in [0.2, 0.25) is 5.02 Å². The Kier molecular flexibility index (Phi) is 6.71. The molecule has 0 bridgehead atoms. The van der Waals surface area contributed by atoms with Gasteiger partial charge in [-0.2, -0.15) is 5.26 Å². The number of ether oxygens (including phenoxy) is 5. The van der Waals surface area contributed by atoms with Crippen molar-refractivity contribution < 1.29 is 28.5 Å². The molecule has 1 aliphatic rings. The summed E-state index contributed by atoms with van der Waals surface area (Å²) in [6, 6.07) is 16.9. The maximum absolute atomic E-state index is 12.7. The van der Waals surface area contributed by atoms with Crippen LogP contribution in [0, 0.1) is 11.3 Å². The maximum atomic E-state index is 12.7. The van der Waals surface area contributed by atoms with Crippen molar-refractivity contribution in [2.75, 3.05) is 21.3 Å². The van der Waals surface area contributed by atoms with E-state index in [0.717, 1.165) is 0 Å². The molecule has 8 nitrogen and oxygen atoms in total. The monoisotopic (exact) mass is 492 g/mol. The fourth-order valence-electron chi connectivity index (χ4n) is 3.84. The Bertz CT molecular complexity index is 1380. The van der Waals surface area contributed by atoms with Crippen LogP contribution < -0.4 is 29.4 Å². The van der Waals surface area contributed by atoms with Crippen molar-refractivity contribution in [1.82, 2.24) is 0 Å². The molecule has 1 heterocycles. The van der Waals surface area contributed by atoms with E-state index in [1.165, 1.54) is 13.2 Å². The molecule has 1 aliphatic heterocycles. The first-order valence-electron chi connectivity index (χ1n) is 10.4. The van der Waals surface area contributed by atoms with Gasteiger partial charge in [0.1, 0.15) is 40.4 Å². The van der Waals surface area contributed by atoms with Crippen LogP contribution in [0.1, 0.15) is 27.4 Å². The van der Waals surface area contributed by atoms with Gasteiger partial charge < -0.3 is 29.4 Å². The van der Waals surface area contributed by atoms with Crippen molar-refractivity contribution in [3.8, 4) is 34.8 Å². The van der Waals surface area contributed by atoms with Crippen LogP contribution in [0.4, 0.5) is 0 Å². The normalized spacial score (nSPS) is 14.3. The highest BCUT2D eigenvalue weighted by Gasteiger charge is 2.33. The van der Waals surface area contributed by atoms with Gasteiger partial charge in [-0.25, -0.2) is 4.79 Å². The molecule has 1 unspecified atom stereocenters. The van der Waals surface area contributed by atoms with Gasteiger partial charge in [0.15, 0.2) is 0 Å². The Morgan fingerprint density at radius 3 is 2.31 bits per heavy atom. The van der Waals surface area contributed by atoms with E-state index in [9.17, 15) is 10.1 Å². The molecular formula is C26H21ClN2O6. The van der Waals surface area contributed by atoms with Crippen LogP contribution in [0.25, 0.3) is 0 Å². The molecule has 3 aromatic carbocycles. The summed E-state index contributed by atoms with van der Waals surface area (Å²) in [6.45, 7) is 0. The Labute approximate surface area is 207 Å². The molecule has 0 radical (unpaired) electrons. The van der Waals surface area contributed by atoms with Gasteiger partial charge in [-0.3, -0.25) is 0 Å². The lowest BCUT2D eigenvalue weighted by molar-refractivity contribution is 0.0734. The summed E-state index contributed by atoms with van der Waals surface area (Å²) in [7, 11) is 4.58. The fourth-order valence-corrected chi connectivity index (χ4v) is 4.10. The predicted octanol–water partition coefficient (Wildman–Crippen LogP) is 4.80. The first-order valence-corrected chi connectivity index (χ1v) is 10.8. The number of hydrogen-bond donors (Lipinski definition) is 1. The number of methoxy groups -OCH3 is 3. The minimum absolute atomic E-state index is 0.0553. The van der Waals surface area contributed by atoms with Crippen LogP contribution >= 0.6 is 11.6 Å². The quantitative estimate of drug-likeness (QED) is 0.385. The first-order chi connectivity index (χ1) is 16.9. The van der Waals surface area contributed by atoms with Gasteiger partial charge in [0.25, 0.3) is 0 Å². The molecule has 0 aromatic heterocycles. The largest absolute Gasteiger partial charge is 0.497 e. The number of benzene rings is 3. The SMILES string of the molecule is COc1ccc(OC)c(C2C(C#N)=C(N)Oc3cc(OC(=O)c4ccc(OC)c(Cl)c4)ccc32)c1. The zero-order valence-corrected chi connectivity index (χ0v) is 19.9. The molecule has 3 aromatic rings. The fraction of sp³-hybridized carbons (Fsp3) is 0.154. The summed E-state index contributed by atoms with van der Waals surface area (Å²) in [6.07, 6.45) is 0. The second kappa shape index (κ2) is 9.87. The van der Waals surface area contributed by atoms with E-state index in [2.05, 4.69) is 6.07 Å². The number of nitrogens with two attached hydrogens (primary N) is 1. The van der Waals surface area contributed by atoms with Crippen molar-refractivity contribution >= 4 is 17.6 Å². The van der Waals surface area contributed by atoms with Gasteiger partial charge in [0, 0.05) is 17.2 Å². The summed E-state index contributed by atoms with van der Waals surface area (Å²) in [5.41, 5.74) is 7.90. The van der Waals surface area contributed by atoms with Crippen LogP contribution in [0.3, 0.4) is 0 Å². The number of carbonyl (C=O) groups is 1. The standard InChI is InChI=1S/C26H21ClN2O6/c1-31-15-6-9-21(32-2)18(11-15)24-17-7-5-16(12-23(17)35-25(29)19(24)13-28)34-26(30)14-4-8-22(33-3)20(27)10-14/h4-12,24H,29H2,1-3H3. The average molecular weight is 493 g/mol. The topological polar surface area (TPSA) is 113 Å². The molecule has 35 heavy (non-hydrogen) atoms.